The van der Waals surface area contributed by atoms with Crippen LogP contribution in [0.1, 0.15) is 33.6 Å². The highest BCUT2D eigenvalue weighted by atomic mass is 16.5. The average Bonchev–Trinajstić information content (AvgIpc) is 1.99. The summed E-state index contributed by atoms with van der Waals surface area (Å²) in [6.07, 6.45) is 3.15. The topological polar surface area (TPSA) is 18.5 Å². The van der Waals surface area contributed by atoms with Crippen LogP contribution < -0.4 is 0 Å². The Kier molecular flexibility index (Phi) is 4.02. The molecular weight excluding hydrogens is 152 g/mol. The van der Waals surface area contributed by atoms with Crippen LogP contribution in [0.25, 0.3) is 0 Å². The van der Waals surface area contributed by atoms with Crippen LogP contribution in [-0.4, -0.2) is 25.4 Å². The zero-order chi connectivity index (χ0) is 8.97. The maximum absolute atomic E-state index is 5.64. The summed E-state index contributed by atoms with van der Waals surface area (Å²) in [5.41, 5.74) is 0. The van der Waals surface area contributed by atoms with E-state index in [2.05, 4.69) is 13.8 Å². The minimum atomic E-state index is 0.416. The van der Waals surface area contributed by atoms with E-state index in [1.165, 1.54) is 0 Å². The van der Waals surface area contributed by atoms with Gasteiger partial charge in [-0.15, -0.1) is 0 Å². The van der Waals surface area contributed by atoms with E-state index in [1.807, 2.05) is 6.92 Å². The Balaban J connectivity index is 2.24. The van der Waals surface area contributed by atoms with E-state index in [9.17, 15) is 0 Å². The van der Waals surface area contributed by atoms with Crippen molar-refractivity contribution in [2.45, 2.75) is 45.8 Å². The predicted octanol–water partition coefficient (Wildman–Crippen LogP) is 2.23. The third kappa shape index (κ3) is 3.11. The summed E-state index contributed by atoms with van der Waals surface area (Å²) in [7, 11) is 0. The van der Waals surface area contributed by atoms with Crippen molar-refractivity contribution in [3.8, 4) is 0 Å². The van der Waals surface area contributed by atoms with Gasteiger partial charge in [-0.25, -0.2) is 0 Å². The molecule has 1 aliphatic rings. The first-order chi connectivity index (χ1) is 5.72. The second kappa shape index (κ2) is 4.83. The summed E-state index contributed by atoms with van der Waals surface area (Å²) < 4.78 is 11.1. The van der Waals surface area contributed by atoms with Crippen LogP contribution in [0.2, 0.25) is 0 Å². The quantitative estimate of drug-likeness (QED) is 0.650. The van der Waals surface area contributed by atoms with E-state index in [1.54, 1.807) is 0 Å². The molecule has 1 saturated heterocycles. The van der Waals surface area contributed by atoms with Crippen LogP contribution in [0, 0.1) is 5.92 Å². The second-order valence-corrected chi connectivity index (χ2v) is 3.75. The summed E-state index contributed by atoms with van der Waals surface area (Å²) in [5.74, 6) is 0.712. The molecule has 0 radical (unpaired) electrons. The molecule has 2 atom stereocenters. The van der Waals surface area contributed by atoms with Crippen LogP contribution in [0.3, 0.4) is 0 Å². The summed E-state index contributed by atoms with van der Waals surface area (Å²) in [4.78, 5) is 0. The van der Waals surface area contributed by atoms with E-state index in [-0.39, 0.29) is 0 Å². The Labute approximate surface area is 75.2 Å². The van der Waals surface area contributed by atoms with Crippen molar-refractivity contribution in [1.82, 2.24) is 0 Å². The number of hydrogen-bond acceptors (Lipinski definition) is 2. The fourth-order valence-corrected chi connectivity index (χ4v) is 1.96. The molecule has 0 amide bonds. The number of hydrogen-bond donors (Lipinski definition) is 0. The molecule has 2 heteroatoms. The van der Waals surface area contributed by atoms with Gasteiger partial charge in [-0.1, -0.05) is 0 Å². The largest absolute Gasteiger partial charge is 0.381 e. The summed E-state index contributed by atoms with van der Waals surface area (Å²) >= 11 is 0. The van der Waals surface area contributed by atoms with Gasteiger partial charge in [0.15, 0.2) is 0 Å². The van der Waals surface area contributed by atoms with E-state index in [0.717, 1.165) is 26.1 Å². The Morgan fingerprint density at radius 2 is 1.83 bits per heavy atom. The van der Waals surface area contributed by atoms with Gasteiger partial charge in [-0.2, -0.15) is 0 Å². The van der Waals surface area contributed by atoms with Gasteiger partial charge in [0.25, 0.3) is 0 Å². The molecule has 1 aliphatic heterocycles. The van der Waals surface area contributed by atoms with E-state index in [0.29, 0.717) is 18.1 Å². The van der Waals surface area contributed by atoms with Crippen molar-refractivity contribution in [3.05, 3.63) is 0 Å². The molecule has 1 rings (SSSR count). The molecule has 0 saturated carbocycles. The zero-order valence-corrected chi connectivity index (χ0v) is 8.38. The van der Waals surface area contributed by atoms with Gasteiger partial charge in [-0.05, 0) is 39.5 Å². The first-order valence-electron chi connectivity index (χ1n) is 4.95. The highest BCUT2D eigenvalue weighted by molar-refractivity contribution is 4.72. The first-order valence-corrected chi connectivity index (χ1v) is 4.95. The number of ether oxygens (including phenoxy) is 2. The van der Waals surface area contributed by atoms with Gasteiger partial charge >= 0.3 is 0 Å². The molecule has 72 valence electrons. The second-order valence-electron chi connectivity index (χ2n) is 3.75. The minimum absolute atomic E-state index is 0.416. The molecule has 12 heavy (non-hydrogen) atoms. The van der Waals surface area contributed by atoms with Crippen molar-refractivity contribution >= 4 is 0 Å². The Morgan fingerprint density at radius 3 is 2.33 bits per heavy atom. The van der Waals surface area contributed by atoms with E-state index in [4.69, 9.17) is 9.47 Å². The van der Waals surface area contributed by atoms with Crippen molar-refractivity contribution in [2.75, 3.05) is 13.2 Å². The molecule has 2 nitrogen and oxygen atoms in total. The summed E-state index contributed by atoms with van der Waals surface area (Å²) in [6.45, 7) is 8.09. The van der Waals surface area contributed by atoms with Crippen LogP contribution in [0.4, 0.5) is 0 Å². The zero-order valence-electron chi connectivity index (χ0n) is 8.38. The van der Waals surface area contributed by atoms with Crippen LogP contribution in [-0.2, 0) is 9.47 Å². The monoisotopic (exact) mass is 172 g/mol. The molecule has 0 aromatic heterocycles. The maximum Gasteiger partial charge on any atom is 0.0554 e. The lowest BCUT2D eigenvalue weighted by Crippen LogP contribution is -2.31. The Morgan fingerprint density at radius 1 is 1.25 bits per heavy atom. The molecule has 0 aliphatic carbocycles. The van der Waals surface area contributed by atoms with Gasteiger partial charge in [0.05, 0.1) is 12.2 Å². The third-order valence-corrected chi connectivity index (χ3v) is 2.35. The molecule has 2 unspecified atom stereocenters. The molecule has 0 aromatic rings. The van der Waals surface area contributed by atoms with Gasteiger partial charge in [0.2, 0.25) is 0 Å². The molecule has 0 N–H and O–H groups in total. The average molecular weight is 172 g/mol. The van der Waals surface area contributed by atoms with Crippen molar-refractivity contribution in [1.29, 1.82) is 0 Å². The first kappa shape index (κ1) is 10.0. The lowest BCUT2D eigenvalue weighted by Gasteiger charge is -2.31. The standard InChI is InChI=1S/C10H20O2/c1-4-11-7-10-5-8(2)12-9(3)6-10/h8-10H,4-7H2,1-3H3. The lowest BCUT2D eigenvalue weighted by atomic mass is 9.93. The molecule has 0 aromatic carbocycles. The van der Waals surface area contributed by atoms with Crippen LogP contribution in [0.15, 0.2) is 0 Å². The summed E-state index contributed by atoms with van der Waals surface area (Å²) in [5, 5.41) is 0. The Bertz CT molecular complexity index is 115. The number of rotatable bonds is 3. The van der Waals surface area contributed by atoms with Crippen molar-refractivity contribution in [3.63, 3.8) is 0 Å². The van der Waals surface area contributed by atoms with Gasteiger partial charge < -0.3 is 9.47 Å². The van der Waals surface area contributed by atoms with Crippen LogP contribution in [0.5, 0.6) is 0 Å². The van der Waals surface area contributed by atoms with Crippen LogP contribution >= 0.6 is 0 Å². The van der Waals surface area contributed by atoms with Crippen molar-refractivity contribution in [2.24, 2.45) is 5.92 Å². The molecule has 0 bridgehead atoms. The molecular formula is C10H20O2. The Hall–Kier alpha value is -0.0800. The van der Waals surface area contributed by atoms with Gasteiger partial charge in [0, 0.05) is 13.2 Å². The lowest BCUT2D eigenvalue weighted by molar-refractivity contribution is -0.0677. The molecule has 1 fully saturated rings. The highest BCUT2D eigenvalue weighted by Crippen LogP contribution is 2.24. The van der Waals surface area contributed by atoms with Gasteiger partial charge in [-0.3, -0.25) is 0 Å². The SMILES string of the molecule is CCOCC1CC(C)OC(C)C1. The fraction of sp³-hybridized carbons (Fsp3) is 1.00. The van der Waals surface area contributed by atoms with E-state index < -0.39 is 0 Å². The fourth-order valence-electron chi connectivity index (χ4n) is 1.96. The molecule has 0 spiro atoms. The van der Waals surface area contributed by atoms with Crippen molar-refractivity contribution < 1.29 is 9.47 Å². The molecule has 1 heterocycles. The van der Waals surface area contributed by atoms with E-state index >= 15 is 0 Å². The minimum Gasteiger partial charge on any atom is -0.381 e. The smallest absolute Gasteiger partial charge is 0.0554 e. The third-order valence-electron chi connectivity index (χ3n) is 2.35. The highest BCUT2D eigenvalue weighted by Gasteiger charge is 2.23. The maximum atomic E-state index is 5.64. The predicted molar refractivity (Wildman–Crippen MR) is 49.2 cm³/mol. The summed E-state index contributed by atoms with van der Waals surface area (Å²) in [6, 6.07) is 0. The normalized spacial score (nSPS) is 36.8. The van der Waals surface area contributed by atoms with Gasteiger partial charge in [0.1, 0.15) is 0 Å².